The summed E-state index contributed by atoms with van der Waals surface area (Å²) in [6.45, 7) is 4.00. The van der Waals surface area contributed by atoms with Crippen molar-refractivity contribution in [2.75, 3.05) is 5.32 Å². The Bertz CT molecular complexity index is 1200. The first kappa shape index (κ1) is 18.8. The SMILES string of the molecule is CCc1ccc(-c2nc3ccccc3c(C(=O)Nc3ccccc3F)c2C)cc1. The molecular formula is C25H21FN2O. The summed E-state index contributed by atoms with van der Waals surface area (Å²) >= 11 is 0. The van der Waals surface area contributed by atoms with Crippen LogP contribution in [0.25, 0.3) is 22.2 Å². The van der Waals surface area contributed by atoms with Gasteiger partial charge in [0, 0.05) is 10.9 Å². The zero-order valence-electron chi connectivity index (χ0n) is 16.4. The van der Waals surface area contributed by atoms with Crippen LogP contribution in [0.1, 0.15) is 28.4 Å². The lowest BCUT2D eigenvalue weighted by Gasteiger charge is -2.15. The number of amides is 1. The van der Waals surface area contributed by atoms with Crippen LogP contribution in [0, 0.1) is 12.7 Å². The van der Waals surface area contributed by atoms with Gasteiger partial charge in [0.1, 0.15) is 5.82 Å². The van der Waals surface area contributed by atoms with E-state index in [9.17, 15) is 9.18 Å². The number of carbonyl (C=O) groups is 1. The Kier molecular flexibility index (Phi) is 5.09. The predicted octanol–water partition coefficient (Wildman–Crippen LogP) is 6.16. The highest BCUT2D eigenvalue weighted by atomic mass is 19.1. The van der Waals surface area contributed by atoms with Gasteiger partial charge >= 0.3 is 0 Å². The molecule has 0 radical (unpaired) electrons. The molecule has 29 heavy (non-hydrogen) atoms. The topological polar surface area (TPSA) is 42.0 Å². The van der Waals surface area contributed by atoms with E-state index in [1.165, 1.54) is 11.6 Å². The summed E-state index contributed by atoms with van der Waals surface area (Å²) < 4.78 is 14.1. The molecule has 0 aliphatic rings. The van der Waals surface area contributed by atoms with Crippen molar-refractivity contribution in [3.63, 3.8) is 0 Å². The molecule has 0 aliphatic heterocycles. The first-order chi connectivity index (χ1) is 14.1. The van der Waals surface area contributed by atoms with Crippen molar-refractivity contribution < 1.29 is 9.18 Å². The number of para-hydroxylation sites is 2. The first-order valence-corrected chi connectivity index (χ1v) is 9.63. The molecule has 144 valence electrons. The number of aromatic nitrogens is 1. The van der Waals surface area contributed by atoms with E-state index in [1.54, 1.807) is 18.2 Å². The van der Waals surface area contributed by atoms with Crippen molar-refractivity contribution in [2.24, 2.45) is 0 Å². The molecule has 1 aromatic heterocycles. The molecular weight excluding hydrogens is 363 g/mol. The summed E-state index contributed by atoms with van der Waals surface area (Å²) in [6.07, 6.45) is 0.959. The molecule has 0 bridgehead atoms. The molecule has 1 heterocycles. The molecule has 4 aromatic rings. The maximum absolute atomic E-state index is 14.1. The molecule has 4 heteroatoms. The monoisotopic (exact) mass is 384 g/mol. The fourth-order valence-corrected chi connectivity index (χ4v) is 3.53. The zero-order valence-corrected chi connectivity index (χ0v) is 16.4. The van der Waals surface area contributed by atoms with Crippen molar-refractivity contribution in [1.29, 1.82) is 0 Å². The number of rotatable bonds is 4. The predicted molar refractivity (Wildman–Crippen MR) is 116 cm³/mol. The summed E-state index contributed by atoms with van der Waals surface area (Å²) in [7, 11) is 0. The van der Waals surface area contributed by atoms with Crippen molar-refractivity contribution in [2.45, 2.75) is 20.3 Å². The minimum absolute atomic E-state index is 0.159. The van der Waals surface area contributed by atoms with Crippen molar-refractivity contribution in [1.82, 2.24) is 4.98 Å². The lowest BCUT2D eigenvalue weighted by Crippen LogP contribution is -2.16. The second kappa shape index (κ2) is 7.84. The van der Waals surface area contributed by atoms with Gasteiger partial charge in [0.15, 0.2) is 0 Å². The van der Waals surface area contributed by atoms with E-state index >= 15 is 0 Å². The molecule has 0 saturated heterocycles. The molecule has 0 spiro atoms. The van der Waals surface area contributed by atoms with Crippen LogP contribution >= 0.6 is 0 Å². The second-order valence-electron chi connectivity index (χ2n) is 6.96. The highest BCUT2D eigenvalue weighted by Gasteiger charge is 2.19. The molecule has 0 aliphatic carbocycles. The van der Waals surface area contributed by atoms with Crippen LogP contribution in [0.4, 0.5) is 10.1 Å². The number of nitrogens with one attached hydrogen (secondary N) is 1. The average molecular weight is 384 g/mol. The minimum atomic E-state index is -0.466. The Hall–Kier alpha value is -3.53. The number of carbonyl (C=O) groups excluding carboxylic acids is 1. The number of hydrogen-bond acceptors (Lipinski definition) is 2. The molecule has 3 aromatic carbocycles. The smallest absolute Gasteiger partial charge is 0.256 e. The molecule has 1 N–H and O–H groups in total. The highest BCUT2D eigenvalue weighted by Crippen LogP contribution is 2.30. The number of benzene rings is 3. The lowest BCUT2D eigenvalue weighted by molar-refractivity contribution is 0.102. The Morgan fingerprint density at radius 1 is 0.966 bits per heavy atom. The van der Waals surface area contributed by atoms with Crippen LogP contribution in [0.2, 0.25) is 0 Å². The summed E-state index contributed by atoms with van der Waals surface area (Å²) in [5.41, 5.74) is 5.10. The van der Waals surface area contributed by atoms with Gasteiger partial charge in [-0.1, -0.05) is 61.5 Å². The van der Waals surface area contributed by atoms with Gasteiger partial charge in [0.25, 0.3) is 5.91 Å². The number of pyridine rings is 1. The normalized spacial score (nSPS) is 10.9. The van der Waals surface area contributed by atoms with E-state index in [2.05, 4.69) is 24.4 Å². The summed E-state index contributed by atoms with van der Waals surface area (Å²) in [5, 5.41) is 3.46. The van der Waals surface area contributed by atoms with Gasteiger partial charge in [-0.15, -0.1) is 0 Å². The van der Waals surface area contributed by atoms with Crippen LogP contribution in [-0.4, -0.2) is 10.9 Å². The van der Waals surface area contributed by atoms with Crippen LogP contribution in [0.3, 0.4) is 0 Å². The van der Waals surface area contributed by atoms with Crippen molar-refractivity contribution in [3.05, 3.63) is 95.3 Å². The van der Waals surface area contributed by atoms with Crippen molar-refractivity contribution >= 4 is 22.5 Å². The molecule has 1 amide bonds. The lowest BCUT2D eigenvalue weighted by atomic mass is 9.96. The number of anilines is 1. The Morgan fingerprint density at radius 2 is 1.66 bits per heavy atom. The molecule has 0 atom stereocenters. The van der Waals surface area contributed by atoms with Gasteiger partial charge in [-0.2, -0.15) is 0 Å². The van der Waals surface area contributed by atoms with E-state index in [0.29, 0.717) is 5.56 Å². The summed E-state index contributed by atoms with van der Waals surface area (Å²) in [4.78, 5) is 18.0. The third-order valence-electron chi connectivity index (χ3n) is 5.12. The van der Waals surface area contributed by atoms with E-state index in [4.69, 9.17) is 4.98 Å². The maximum Gasteiger partial charge on any atom is 0.256 e. The number of aryl methyl sites for hydroxylation is 1. The zero-order chi connectivity index (χ0) is 20.4. The van der Waals surface area contributed by atoms with Crippen molar-refractivity contribution in [3.8, 4) is 11.3 Å². The van der Waals surface area contributed by atoms with Gasteiger partial charge in [-0.25, -0.2) is 9.37 Å². The maximum atomic E-state index is 14.1. The fraction of sp³-hybridized carbons (Fsp3) is 0.120. The molecule has 4 rings (SSSR count). The Labute approximate surface area is 169 Å². The van der Waals surface area contributed by atoms with Crippen LogP contribution in [-0.2, 0) is 6.42 Å². The summed E-state index contributed by atoms with van der Waals surface area (Å²) in [6, 6.07) is 21.9. The molecule has 0 fully saturated rings. The van der Waals surface area contributed by atoms with Gasteiger partial charge in [0.2, 0.25) is 0 Å². The van der Waals surface area contributed by atoms with Crippen LogP contribution in [0.15, 0.2) is 72.8 Å². The van der Waals surface area contributed by atoms with Crippen LogP contribution in [0.5, 0.6) is 0 Å². The van der Waals surface area contributed by atoms with E-state index < -0.39 is 5.82 Å². The van der Waals surface area contributed by atoms with Gasteiger partial charge in [0.05, 0.1) is 22.5 Å². The third kappa shape index (κ3) is 3.61. The molecule has 0 saturated carbocycles. The highest BCUT2D eigenvalue weighted by molar-refractivity contribution is 6.14. The third-order valence-corrected chi connectivity index (χ3v) is 5.12. The number of halogens is 1. The number of nitrogens with zero attached hydrogens (tertiary/aromatic N) is 1. The fourth-order valence-electron chi connectivity index (χ4n) is 3.53. The van der Waals surface area contributed by atoms with E-state index in [-0.39, 0.29) is 11.6 Å². The van der Waals surface area contributed by atoms with Crippen LogP contribution < -0.4 is 5.32 Å². The standard InChI is InChI=1S/C25H21FN2O/c1-3-17-12-14-18(15-13-17)24-16(2)23(19-8-4-6-10-21(19)27-24)25(29)28-22-11-7-5-9-20(22)26/h4-15H,3H2,1-2H3,(H,28,29). The minimum Gasteiger partial charge on any atom is -0.319 e. The second-order valence-corrected chi connectivity index (χ2v) is 6.96. The molecule has 0 unspecified atom stereocenters. The summed E-state index contributed by atoms with van der Waals surface area (Å²) in [5.74, 6) is -0.815. The largest absolute Gasteiger partial charge is 0.319 e. The first-order valence-electron chi connectivity index (χ1n) is 9.63. The number of hydrogen-bond donors (Lipinski definition) is 1. The average Bonchev–Trinajstić information content (AvgIpc) is 2.75. The molecule has 3 nitrogen and oxygen atoms in total. The quantitative estimate of drug-likeness (QED) is 0.457. The number of fused-ring (bicyclic) bond motifs is 1. The van der Waals surface area contributed by atoms with E-state index in [0.717, 1.165) is 34.1 Å². The van der Waals surface area contributed by atoms with Gasteiger partial charge in [-0.05, 0) is 42.7 Å². The Morgan fingerprint density at radius 3 is 2.38 bits per heavy atom. The Balaban J connectivity index is 1.86. The van der Waals surface area contributed by atoms with E-state index in [1.807, 2.05) is 43.3 Å². The van der Waals surface area contributed by atoms with Gasteiger partial charge in [-0.3, -0.25) is 4.79 Å². The van der Waals surface area contributed by atoms with Gasteiger partial charge < -0.3 is 5.32 Å².